The molecule has 8 heteroatoms. The van der Waals surface area contributed by atoms with E-state index in [0.29, 0.717) is 43.9 Å². The van der Waals surface area contributed by atoms with Gasteiger partial charge in [-0.15, -0.1) is 0 Å². The van der Waals surface area contributed by atoms with Gasteiger partial charge < -0.3 is 19.1 Å². The Kier molecular flexibility index (Phi) is 3.37. The van der Waals surface area contributed by atoms with Gasteiger partial charge in [-0.1, -0.05) is 12.1 Å². The fraction of sp³-hybridized carbons (Fsp3) is 0.733. The Labute approximate surface area is 133 Å². The summed E-state index contributed by atoms with van der Waals surface area (Å²) in [4.78, 5) is 32.0. The van der Waals surface area contributed by atoms with Gasteiger partial charge >= 0.3 is 11.8 Å². The highest BCUT2D eigenvalue weighted by atomic mass is 16.5. The smallest absolute Gasteiger partial charge is 0.316 e. The number of amides is 2. The molecule has 1 saturated carbocycles. The van der Waals surface area contributed by atoms with Gasteiger partial charge in [-0.3, -0.25) is 9.59 Å². The highest BCUT2D eigenvalue weighted by Gasteiger charge is 2.44. The maximum Gasteiger partial charge on any atom is 0.316 e. The number of aromatic nitrogens is 2. The third kappa shape index (κ3) is 2.50. The number of rotatable bonds is 2. The lowest BCUT2D eigenvalue weighted by atomic mass is 10.1. The van der Waals surface area contributed by atoms with Crippen LogP contribution < -0.4 is 0 Å². The van der Waals surface area contributed by atoms with E-state index in [0.717, 1.165) is 6.42 Å². The van der Waals surface area contributed by atoms with Crippen molar-refractivity contribution in [2.75, 3.05) is 26.2 Å². The summed E-state index contributed by atoms with van der Waals surface area (Å²) in [5.41, 5.74) is 0. The van der Waals surface area contributed by atoms with Crippen molar-refractivity contribution in [1.29, 1.82) is 0 Å². The highest BCUT2D eigenvalue weighted by Crippen LogP contribution is 2.45. The average molecular weight is 320 g/mol. The lowest BCUT2D eigenvalue weighted by Crippen LogP contribution is -2.52. The van der Waals surface area contributed by atoms with Gasteiger partial charge in [0.1, 0.15) is 0 Å². The molecule has 23 heavy (non-hydrogen) atoms. The Morgan fingerprint density at radius 3 is 2.78 bits per heavy atom. The predicted molar refractivity (Wildman–Crippen MR) is 77.6 cm³/mol. The molecule has 3 aliphatic rings. The molecule has 4 unspecified atom stereocenters. The molecule has 0 bridgehead atoms. The standard InChI is InChI=1S/C15H20N4O4/c1-8-5-10(8)13-16-14(23-17-13)15(21)18-6-11-12(7-18)22-4-3-19(11)9(2)20/h8,10-12H,3-7H2,1-2H3. The van der Waals surface area contributed by atoms with E-state index in [4.69, 9.17) is 9.26 Å². The first-order valence-electron chi connectivity index (χ1n) is 8.06. The van der Waals surface area contributed by atoms with Crippen LogP contribution in [0.5, 0.6) is 0 Å². The molecule has 2 aliphatic heterocycles. The molecule has 124 valence electrons. The van der Waals surface area contributed by atoms with Crippen LogP contribution in [-0.4, -0.2) is 70.1 Å². The van der Waals surface area contributed by atoms with Crippen LogP contribution in [0.1, 0.15) is 42.7 Å². The molecule has 2 saturated heterocycles. The van der Waals surface area contributed by atoms with Crippen LogP contribution in [0, 0.1) is 5.92 Å². The first-order valence-corrected chi connectivity index (χ1v) is 8.06. The zero-order chi connectivity index (χ0) is 16.1. The molecule has 1 aliphatic carbocycles. The van der Waals surface area contributed by atoms with Gasteiger partial charge in [0.2, 0.25) is 5.91 Å². The molecule has 3 fully saturated rings. The second-order valence-corrected chi connectivity index (χ2v) is 6.68. The van der Waals surface area contributed by atoms with Gasteiger partial charge in [0.05, 0.1) is 18.8 Å². The lowest BCUT2D eigenvalue weighted by molar-refractivity contribution is -0.140. The molecule has 0 aromatic carbocycles. The van der Waals surface area contributed by atoms with Crippen LogP contribution in [0.25, 0.3) is 0 Å². The summed E-state index contributed by atoms with van der Waals surface area (Å²) in [6.45, 7) is 5.65. The van der Waals surface area contributed by atoms with E-state index in [9.17, 15) is 9.59 Å². The summed E-state index contributed by atoms with van der Waals surface area (Å²) in [6.07, 6.45) is 0.907. The van der Waals surface area contributed by atoms with Crippen molar-refractivity contribution in [3.8, 4) is 0 Å². The van der Waals surface area contributed by atoms with Crippen molar-refractivity contribution in [3.05, 3.63) is 11.7 Å². The molecule has 8 nitrogen and oxygen atoms in total. The number of ether oxygens (including phenoxy) is 1. The summed E-state index contributed by atoms with van der Waals surface area (Å²) in [5.74, 6) is 1.27. The maximum atomic E-state index is 12.6. The van der Waals surface area contributed by atoms with E-state index in [1.165, 1.54) is 0 Å². The van der Waals surface area contributed by atoms with Crippen molar-refractivity contribution < 1.29 is 18.8 Å². The molecule has 0 radical (unpaired) electrons. The van der Waals surface area contributed by atoms with E-state index in [2.05, 4.69) is 17.1 Å². The average Bonchev–Trinajstić information content (AvgIpc) is 2.96. The molecule has 0 spiro atoms. The number of morpholine rings is 1. The second-order valence-electron chi connectivity index (χ2n) is 6.68. The Morgan fingerprint density at radius 1 is 1.30 bits per heavy atom. The van der Waals surface area contributed by atoms with Gasteiger partial charge in [-0.2, -0.15) is 4.98 Å². The van der Waals surface area contributed by atoms with Crippen molar-refractivity contribution in [1.82, 2.24) is 19.9 Å². The van der Waals surface area contributed by atoms with E-state index in [1.54, 1.807) is 16.7 Å². The second kappa shape index (κ2) is 5.30. The van der Waals surface area contributed by atoms with Crippen LogP contribution in [0.3, 0.4) is 0 Å². The Bertz CT molecular complexity index is 645. The van der Waals surface area contributed by atoms with Crippen LogP contribution in [-0.2, 0) is 9.53 Å². The van der Waals surface area contributed by atoms with E-state index >= 15 is 0 Å². The molecule has 0 N–H and O–H groups in total. The third-order valence-corrected chi connectivity index (χ3v) is 5.06. The van der Waals surface area contributed by atoms with Crippen LogP contribution in [0.15, 0.2) is 4.52 Å². The summed E-state index contributed by atoms with van der Waals surface area (Å²) in [6, 6.07) is -0.0870. The van der Waals surface area contributed by atoms with Crippen LogP contribution >= 0.6 is 0 Å². The zero-order valence-corrected chi connectivity index (χ0v) is 13.3. The molecule has 4 rings (SSSR count). The number of fused-ring (bicyclic) bond motifs is 1. The monoisotopic (exact) mass is 320 g/mol. The fourth-order valence-electron chi connectivity index (χ4n) is 3.53. The quantitative estimate of drug-likeness (QED) is 0.777. The Morgan fingerprint density at radius 2 is 2.09 bits per heavy atom. The van der Waals surface area contributed by atoms with Crippen LogP contribution in [0.2, 0.25) is 0 Å². The Hall–Kier alpha value is -1.96. The molecule has 3 heterocycles. The fourth-order valence-corrected chi connectivity index (χ4v) is 3.53. The third-order valence-electron chi connectivity index (χ3n) is 5.06. The molecule has 1 aromatic heterocycles. The lowest BCUT2D eigenvalue weighted by Gasteiger charge is -2.35. The minimum atomic E-state index is -0.279. The molecular weight excluding hydrogens is 300 g/mol. The van der Waals surface area contributed by atoms with Gasteiger partial charge in [-0.05, 0) is 12.3 Å². The summed E-state index contributed by atoms with van der Waals surface area (Å²) in [5, 5.41) is 3.93. The van der Waals surface area contributed by atoms with Crippen molar-refractivity contribution >= 4 is 11.8 Å². The largest absolute Gasteiger partial charge is 0.372 e. The molecule has 2 amide bonds. The topological polar surface area (TPSA) is 88.8 Å². The number of nitrogens with zero attached hydrogens (tertiary/aromatic N) is 4. The number of carbonyl (C=O) groups excluding carboxylic acids is 2. The van der Waals surface area contributed by atoms with E-state index < -0.39 is 0 Å². The minimum Gasteiger partial charge on any atom is -0.372 e. The van der Waals surface area contributed by atoms with Crippen molar-refractivity contribution in [2.45, 2.75) is 38.3 Å². The van der Waals surface area contributed by atoms with Gasteiger partial charge in [0.15, 0.2) is 5.82 Å². The van der Waals surface area contributed by atoms with Gasteiger partial charge in [0, 0.05) is 32.5 Å². The normalized spacial score (nSPS) is 32.8. The summed E-state index contributed by atoms with van der Waals surface area (Å²) >= 11 is 0. The maximum absolute atomic E-state index is 12.6. The Balaban J connectivity index is 1.47. The predicted octanol–water partition coefficient (Wildman–Crippen LogP) is 0.265. The van der Waals surface area contributed by atoms with E-state index in [-0.39, 0.29) is 29.9 Å². The van der Waals surface area contributed by atoms with Gasteiger partial charge in [0.25, 0.3) is 0 Å². The first kappa shape index (κ1) is 14.6. The van der Waals surface area contributed by atoms with E-state index in [1.807, 2.05) is 0 Å². The molecule has 1 aromatic rings. The number of carbonyl (C=O) groups is 2. The van der Waals surface area contributed by atoms with Crippen molar-refractivity contribution in [3.63, 3.8) is 0 Å². The minimum absolute atomic E-state index is 0.0143. The highest BCUT2D eigenvalue weighted by molar-refractivity contribution is 5.90. The summed E-state index contributed by atoms with van der Waals surface area (Å²) < 4.78 is 10.9. The van der Waals surface area contributed by atoms with Crippen molar-refractivity contribution in [2.24, 2.45) is 5.92 Å². The number of hydrogen-bond donors (Lipinski definition) is 0. The number of hydrogen-bond acceptors (Lipinski definition) is 6. The zero-order valence-electron chi connectivity index (χ0n) is 13.3. The SMILES string of the molecule is CC(=O)N1CCOC2CN(C(=O)c3nc(C4CC4C)no3)CC21. The van der Waals surface area contributed by atoms with Gasteiger partial charge in [-0.25, -0.2) is 0 Å². The number of likely N-dealkylation sites (tertiary alicyclic amines) is 1. The molecular formula is C15H20N4O4. The van der Waals surface area contributed by atoms with Crippen LogP contribution in [0.4, 0.5) is 0 Å². The first-order chi connectivity index (χ1) is 11.0. The summed E-state index contributed by atoms with van der Waals surface area (Å²) in [7, 11) is 0. The molecule has 4 atom stereocenters.